The SMILES string of the molecule is Fc1ccc(-c2[nH]c3ccccc3c2N2c3ccccc3Sc3ccccc32)cc1. The Balaban J connectivity index is 1.70. The van der Waals surface area contributed by atoms with Crippen LogP contribution in [0, 0.1) is 5.82 Å². The topological polar surface area (TPSA) is 19.0 Å². The van der Waals surface area contributed by atoms with Crippen LogP contribution in [-0.2, 0) is 0 Å². The number of rotatable bonds is 2. The number of benzene rings is 4. The molecular formula is C26H17FN2S. The normalized spacial score (nSPS) is 12.6. The Bertz CT molecular complexity index is 1340. The van der Waals surface area contributed by atoms with Gasteiger partial charge in [0.2, 0.25) is 0 Å². The quantitative estimate of drug-likeness (QED) is 0.314. The molecule has 5 aromatic rings. The lowest BCUT2D eigenvalue weighted by Gasteiger charge is -2.33. The van der Waals surface area contributed by atoms with Gasteiger partial charge in [0.25, 0.3) is 0 Å². The number of aromatic nitrogens is 1. The molecule has 0 aliphatic carbocycles. The van der Waals surface area contributed by atoms with Crippen LogP contribution in [0.3, 0.4) is 0 Å². The van der Waals surface area contributed by atoms with E-state index in [1.165, 1.54) is 21.9 Å². The predicted molar refractivity (Wildman–Crippen MR) is 122 cm³/mol. The van der Waals surface area contributed by atoms with E-state index in [2.05, 4.69) is 76.6 Å². The van der Waals surface area contributed by atoms with Crippen molar-refractivity contribution in [1.82, 2.24) is 4.98 Å². The van der Waals surface area contributed by atoms with Crippen molar-refractivity contribution in [3.05, 3.63) is 103 Å². The number of hydrogen-bond acceptors (Lipinski definition) is 2. The molecule has 1 N–H and O–H groups in total. The second-order valence-corrected chi connectivity index (χ2v) is 8.36. The molecule has 0 atom stereocenters. The maximum absolute atomic E-state index is 13.6. The summed E-state index contributed by atoms with van der Waals surface area (Å²) in [6.45, 7) is 0. The van der Waals surface area contributed by atoms with Crippen molar-refractivity contribution in [2.45, 2.75) is 9.79 Å². The highest BCUT2D eigenvalue weighted by Crippen LogP contribution is 2.54. The Morgan fingerprint density at radius 1 is 0.667 bits per heavy atom. The molecule has 0 fully saturated rings. The van der Waals surface area contributed by atoms with Gasteiger partial charge in [0.15, 0.2) is 0 Å². The molecule has 0 spiro atoms. The minimum absolute atomic E-state index is 0.235. The highest BCUT2D eigenvalue weighted by molar-refractivity contribution is 7.99. The number of nitrogens with zero attached hydrogens (tertiary/aromatic N) is 1. The number of H-pyrrole nitrogens is 1. The van der Waals surface area contributed by atoms with Crippen LogP contribution in [0.15, 0.2) is 107 Å². The van der Waals surface area contributed by atoms with E-state index in [9.17, 15) is 4.39 Å². The lowest BCUT2D eigenvalue weighted by molar-refractivity contribution is 0.628. The zero-order chi connectivity index (χ0) is 20.1. The molecule has 0 unspecified atom stereocenters. The molecule has 0 bridgehead atoms. The summed E-state index contributed by atoms with van der Waals surface area (Å²) in [7, 11) is 0. The fourth-order valence-electron chi connectivity index (χ4n) is 4.13. The number of halogens is 1. The van der Waals surface area contributed by atoms with Gasteiger partial charge in [-0.1, -0.05) is 54.2 Å². The minimum Gasteiger partial charge on any atom is -0.353 e. The van der Waals surface area contributed by atoms with Gasteiger partial charge < -0.3 is 9.88 Å². The molecule has 144 valence electrons. The van der Waals surface area contributed by atoms with Crippen LogP contribution in [0.25, 0.3) is 22.2 Å². The van der Waals surface area contributed by atoms with Gasteiger partial charge in [0.1, 0.15) is 5.82 Å². The molecule has 0 saturated carbocycles. The lowest BCUT2D eigenvalue weighted by Crippen LogP contribution is -2.15. The van der Waals surface area contributed by atoms with E-state index >= 15 is 0 Å². The zero-order valence-electron chi connectivity index (χ0n) is 16.0. The number of para-hydroxylation sites is 3. The van der Waals surface area contributed by atoms with Gasteiger partial charge in [-0.15, -0.1) is 0 Å². The first-order valence-electron chi connectivity index (χ1n) is 9.82. The summed E-state index contributed by atoms with van der Waals surface area (Å²) in [5.74, 6) is -0.235. The van der Waals surface area contributed by atoms with E-state index in [-0.39, 0.29) is 5.82 Å². The Morgan fingerprint density at radius 3 is 1.97 bits per heavy atom. The van der Waals surface area contributed by atoms with Crippen molar-refractivity contribution in [2.75, 3.05) is 4.90 Å². The third-order valence-electron chi connectivity index (χ3n) is 5.47. The maximum Gasteiger partial charge on any atom is 0.123 e. The molecular weight excluding hydrogens is 391 g/mol. The van der Waals surface area contributed by atoms with Gasteiger partial charge >= 0.3 is 0 Å². The van der Waals surface area contributed by atoms with Gasteiger partial charge in [0.05, 0.1) is 22.8 Å². The van der Waals surface area contributed by atoms with Gasteiger partial charge in [0, 0.05) is 26.3 Å². The van der Waals surface area contributed by atoms with Crippen LogP contribution in [0.2, 0.25) is 0 Å². The molecule has 30 heavy (non-hydrogen) atoms. The van der Waals surface area contributed by atoms with Crippen LogP contribution in [0.1, 0.15) is 0 Å². The Labute approximate surface area is 178 Å². The molecule has 2 nitrogen and oxygen atoms in total. The van der Waals surface area contributed by atoms with Crippen LogP contribution in [0.5, 0.6) is 0 Å². The molecule has 6 rings (SSSR count). The fraction of sp³-hybridized carbons (Fsp3) is 0. The minimum atomic E-state index is -0.235. The van der Waals surface area contributed by atoms with Crippen molar-refractivity contribution in [1.29, 1.82) is 0 Å². The van der Waals surface area contributed by atoms with Crippen molar-refractivity contribution in [2.24, 2.45) is 0 Å². The van der Waals surface area contributed by atoms with Crippen LogP contribution in [-0.4, -0.2) is 4.98 Å². The summed E-state index contributed by atoms with van der Waals surface area (Å²) < 4.78 is 13.6. The number of hydrogen-bond donors (Lipinski definition) is 1. The van der Waals surface area contributed by atoms with E-state index in [4.69, 9.17) is 0 Å². The Hall–Kier alpha value is -3.50. The average molecular weight is 409 g/mol. The van der Waals surface area contributed by atoms with Crippen molar-refractivity contribution < 1.29 is 4.39 Å². The van der Waals surface area contributed by atoms with Crippen molar-refractivity contribution in [3.63, 3.8) is 0 Å². The molecule has 1 aliphatic heterocycles. The fourth-order valence-corrected chi connectivity index (χ4v) is 5.19. The van der Waals surface area contributed by atoms with E-state index in [1.54, 1.807) is 11.8 Å². The van der Waals surface area contributed by atoms with Gasteiger partial charge in [-0.05, 0) is 54.6 Å². The monoisotopic (exact) mass is 408 g/mol. The second-order valence-electron chi connectivity index (χ2n) is 7.27. The van der Waals surface area contributed by atoms with Gasteiger partial charge in [-0.25, -0.2) is 4.39 Å². The van der Waals surface area contributed by atoms with Crippen LogP contribution in [0.4, 0.5) is 21.5 Å². The molecule has 4 heteroatoms. The second kappa shape index (κ2) is 6.78. The molecule has 0 amide bonds. The third-order valence-corrected chi connectivity index (χ3v) is 6.60. The van der Waals surface area contributed by atoms with E-state index in [0.717, 1.165) is 39.2 Å². The highest BCUT2D eigenvalue weighted by Gasteiger charge is 2.28. The first-order valence-corrected chi connectivity index (χ1v) is 10.6. The molecule has 1 aliphatic rings. The zero-order valence-corrected chi connectivity index (χ0v) is 16.8. The third kappa shape index (κ3) is 2.65. The lowest BCUT2D eigenvalue weighted by atomic mass is 10.1. The van der Waals surface area contributed by atoms with Gasteiger partial charge in [-0.2, -0.15) is 0 Å². The summed E-state index contributed by atoms with van der Waals surface area (Å²) in [5, 5.41) is 1.13. The maximum atomic E-state index is 13.6. The van der Waals surface area contributed by atoms with E-state index < -0.39 is 0 Å². The van der Waals surface area contributed by atoms with E-state index in [1.807, 2.05) is 18.2 Å². The van der Waals surface area contributed by atoms with Crippen molar-refractivity contribution >= 4 is 39.7 Å². The highest BCUT2D eigenvalue weighted by atomic mass is 32.2. The summed E-state index contributed by atoms with van der Waals surface area (Å²) in [4.78, 5) is 8.35. The largest absolute Gasteiger partial charge is 0.353 e. The first kappa shape index (κ1) is 17.4. The van der Waals surface area contributed by atoms with Gasteiger partial charge in [-0.3, -0.25) is 0 Å². The first-order chi connectivity index (χ1) is 14.8. The number of anilines is 3. The number of nitrogens with one attached hydrogen (secondary N) is 1. The molecule has 4 aromatic carbocycles. The molecule has 2 heterocycles. The average Bonchev–Trinajstić information content (AvgIpc) is 3.17. The summed E-state index contributed by atoms with van der Waals surface area (Å²) >= 11 is 1.79. The standard InChI is InChI=1S/C26H17FN2S/c27-18-15-13-17(14-16-18)25-26(19-7-1-2-8-20(19)28-25)29-21-9-3-5-11-23(21)30-24-12-6-4-10-22(24)29/h1-16,28H. The Kier molecular flexibility index (Phi) is 3.93. The van der Waals surface area contributed by atoms with Crippen LogP contribution >= 0.6 is 11.8 Å². The van der Waals surface area contributed by atoms with Crippen LogP contribution < -0.4 is 4.90 Å². The van der Waals surface area contributed by atoms with Crippen molar-refractivity contribution in [3.8, 4) is 11.3 Å². The molecule has 0 saturated heterocycles. The molecule has 1 aromatic heterocycles. The number of fused-ring (bicyclic) bond motifs is 3. The molecule has 0 radical (unpaired) electrons. The summed E-state index contributed by atoms with van der Waals surface area (Å²) in [5.41, 5.74) is 6.37. The summed E-state index contributed by atoms with van der Waals surface area (Å²) in [6.07, 6.45) is 0. The van der Waals surface area contributed by atoms with E-state index in [0.29, 0.717) is 0 Å². The number of aromatic amines is 1. The smallest absolute Gasteiger partial charge is 0.123 e. The predicted octanol–water partition coefficient (Wildman–Crippen LogP) is 7.91. The summed E-state index contributed by atoms with van der Waals surface area (Å²) in [6, 6.07) is 32.0. The Morgan fingerprint density at radius 2 is 1.27 bits per heavy atom.